The second-order valence-corrected chi connectivity index (χ2v) is 6.34. The number of aliphatic carboxylic acids is 1. The zero-order chi connectivity index (χ0) is 15.3. The molecule has 4 nitrogen and oxygen atoms in total. The predicted octanol–water partition coefficient (Wildman–Crippen LogP) is 3.73. The average molecular weight is 304 g/mol. The van der Waals surface area contributed by atoms with Crippen molar-refractivity contribution in [2.75, 3.05) is 18.1 Å². The highest BCUT2D eigenvalue weighted by Crippen LogP contribution is 2.37. The van der Waals surface area contributed by atoms with Crippen LogP contribution < -0.4 is 5.32 Å². The largest absolute Gasteiger partial charge is 0.481 e. The monoisotopic (exact) mass is 304 g/mol. The molecular formula is C16H20N2O2S. The molecule has 1 aliphatic carbocycles. The lowest BCUT2D eigenvalue weighted by molar-refractivity contribution is -0.150. The summed E-state index contributed by atoms with van der Waals surface area (Å²) in [5.41, 5.74) is 0.636. The van der Waals surface area contributed by atoms with Crippen molar-refractivity contribution in [2.45, 2.75) is 37.0 Å². The minimum Gasteiger partial charge on any atom is -0.481 e. The van der Waals surface area contributed by atoms with E-state index >= 15 is 0 Å². The number of carboxylic acid groups (broad SMARTS) is 1. The molecule has 0 amide bonds. The Morgan fingerprint density at radius 3 is 2.71 bits per heavy atom. The summed E-state index contributed by atoms with van der Waals surface area (Å²) in [6.07, 6.45) is 6.38. The number of hydrogen-bond acceptors (Lipinski definition) is 4. The molecule has 0 aromatic heterocycles. The summed E-state index contributed by atoms with van der Waals surface area (Å²) in [5, 5.41) is 22.1. The first kappa shape index (κ1) is 15.7. The molecule has 1 aromatic carbocycles. The molecule has 112 valence electrons. The number of nitrogens with zero attached hydrogens (tertiary/aromatic N) is 1. The summed E-state index contributed by atoms with van der Waals surface area (Å²) in [6.45, 7) is 0.384. The van der Waals surface area contributed by atoms with E-state index in [1.807, 2.05) is 24.5 Å². The molecular weight excluding hydrogens is 284 g/mol. The Balaban J connectivity index is 2.19. The van der Waals surface area contributed by atoms with E-state index in [0.717, 1.165) is 29.8 Å². The van der Waals surface area contributed by atoms with Gasteiger partial charge in [0.15, 0.2) is 0 Å². The van der Waals surface area contributed by atoms with Crippen LogP contribution in [0.15, 0.2) is 23.1 Å². The van der Waals surface area contributed by atoms with Crippen molar-refractivity contribution in [1.29, 1.82) is 5.26 Å². The van der Waals surface area contributed by atoms with Crippen LogP contribution in [0.1, 0.15) is 37.7 Å². The second kappa shape index (κ2) is 6.86. The van der Waals surface area contributed by atoms with Crippen LogP contribution in [-0.4, -0.2) is 23.9 Å². The van der Waals surface area contributed by atoms with E-state index < -0.39 is 11.4 Å². The van der Waals surface area contributed by atoms with Crippen LogP contribution in [0.25, 0.3) is 0 Å². The first-order valence-electron chi connectivity index (χ1n) is 7.17. The Bertz CT molecular complexity index is 560. The van der Waals surface area contributed by atoms with Crippen LogP contribution in [0.3, 0.4) is 0 Å². The fourth-order valence-corrected chi connectivity index (χ4v) is 3.50. The summed E-state index contributed by atoms with van der Waals surface area (Å²) in [7, 11) is 0. The minimum atomic E-state index is -0.728. The zero-order valence-corrected chi connectivity index (χ0v) is 13.0. The molecule has 0 aliphatic heterocycles. The van der Waals surface area contributed by atoms with Gasteiger partial charge >= 0.3 is 5.97 Å². The van der Waals surface area contributed by atoms with Gasteiger partial charge in [-0.1, -0.05) is 25.3 Å². The van der Waals surface area contributed by atoms with Crippen LogP contribution >= 0.6 is 11.8 Å². The van der Waals surface area contributed by atoms with Crippen LogP contribution in [0, 0.1) is 16.7 Å². The molecule has 1 aromatic rings. The van der Waals surface area contributed by atoms with Gasteiger partial charge in [0.1, 0.15) is 6.07 Å². The minimum absolute atomic E-state index is 0.384. The Morgan fingerprint density at radius 1 is 1.43 bits per heavy atom. The van der Waals surface area contributed by atoms with E-state index in [1.165, 1.54) is 11.8 Å². The summed E-state index contributed by atoms with van der Waals surface area (Å²) in [6, 6.07) is 7.85. The average Bonchev–Trinajstić information content (AvgIpc) is 2.53. The number of nitrogens with one attached hydrogen (secondary N) is 1. The molecule has 0 heterocycles. The quantitative estimate of drug-likeness (QED) is 0.811. The fourth-order valence-electron chi connectivity index (χ4n) is 2.92. The first-order valence-corrected chi connectivity index (χ1v) is 8.40. The number of nitriles is 1. The van der Waals surface area contributed by atoms with Crippen LogP contribution in [0.5, 0.6) is 0 Å². The van der Waals surface area contributed by atoms with Crippen molar-refractivity contribution >= 4 is 23.4 Å². The maximum absolute atomic E-state index is 11.7. The smallest absolute Gasteiger partial charge is 0.311 e. The molecule has 0 atom stereocenters. The van der Waals surface area contributed by atoms with Crippen molar-refractivity contribution in [3.63, 3.8) is 0 Å². The van der Waals surface area contributed by atoms with Crippen molar-refractivity contribution in [3.05, 3.63) is 23.8 Å². The van der Waals surface area contributed by atoms with Gasteiger partial charge in [0.2, 0.25) is 0 Å². The fraction of sp³-hybridized carbons (Fsp3) is 0.500. The van der Waals surface area contributed by atoms with Crippen molar-refractivity contribution < 1.29 is 9.90 Å². The molecule has 0 unspecified atom stereocenters. The number of thioether (sulfide) groups is 1. The van der Waals surface area contributed by atoms with E-state index in [0.29, 0.717) is 24.9 Å². The van der Waals surface area contributed by atoms with E-state index in [-0.39, 0.29) is 0 Å². The molecule has 0 saturated heterocycles. The molecule has 0 bridgehead atoms. The molecule has 21 heavy (non-hydrogen) atoms. The van der Waals surface area contributed by atoms with Gasteiger partial charge in [0, 0.05) is 11.4 Å². The topological polar surface area (TPSA) is 73.1 Å². The molecule has 1 aliphatic rings. The zero-order valence-electron chi connectivity index (χ0n) is 12.2. The number of benzene rings is 1. The maximum atomic E-state index is 11.7. The van der Waals surface area contributed by atoms with Crippen LogP contribution in [0.4, 0.5) is 5.69 Å². The number of carboxylic acids is 1. The SMILES string of the molecule is CSc1cccc(NCC2(C(=O)O)CCCCC2)c1C#N. The Labute approximate surface area is 129 Å². The summed E-state index contributed by atoms with van der Waals surface area (Å²) in [5.74, 6) is -0.728. The number of hydrogen-bond donors (Lipinski definition) is 2. The van der Waals surface area contributed by atoms with Gasteiger partial charge in [-0.05, 0) is 31.2 Å². The van der Waals surface area contributed by atoms with Gasteiger partial charge in [-0.25, -0.2) is 0 Å². The summed E-state index contributed by atoms with van der Waals surface area (Å²) >= 11 is 1.52. The molecule has 1 saturated carbocycles. The normalized spacial score (nSPS) is 17.0. The number of carbonyl (C=O) groups is 1. The summed E-state index contributed by atoms with van der Waals surface area (Å²) in [4.78, 5) is 12.6. The second-order valence-electron chi connectivity index (χ2n) is 5.49. The van der Waals surface area contributed by atoms with Crippen molar-refractivity contribution in [2.24, 2.45) is 5.41 Å². The van der Waals surface area contributed by atoms with Crippen molar-refractivity contribution in [1.82, 2.24) is 0 Å². The predicted molar refractivity (Wildman–Crippen MR) is 84.6 cm³/mol. The highest BCUT2D eigenvalue weighted by molar-refractivity contribution is 7.98. The lowest BCUT2D eigenvalue weighted by Crippen LogP contribution is -2.39. The van der Waals surface area contributed by atoms with E-state index in [2.05, 4.69) is 11.4 Å². The van der Waals surface area contributed by atoms with Gasteiger partial charge in [0.25, 0.3) is 0 Å². The van der Waals surface area contributed by atoms with E-state index in [1.54, 1.807) is 0 Å². The third-order valence-corrected chi connectivity index (χ3v) is 5.02. The highest BCUT2D eigenvalue weighted by atomic mass is 32.2. The molecule has 5 heteroatoms. The lowest BCUT2D eigenvalue weighted by atomic mass is 9.74. The molecule has 2 rings (SSSR count). The standard InChI is InChI=1S/C16H20N2O2S/c1-21-14-7-5-6-13(12(14)10-17)18-11-16(15(19)20)8-3-2-4-9-16/h5-7,18H,2-4,8-9,11H2,1H3,(H,19,20). The third-order valence-electron chi connectivity index (χ3n) is 4.24. The Morgan fingerprint density at radius 2 is 2.14 bits per heavy atom. The van der Waals surface area contributed by atoms with Gasteiger partial charge in [-0.2, -0.15) is 5.26 Å². The van der Waals surface area contributed by atoms with Crippen molar-refractivity contribution in [3.8, 4) is 6.07 Å². The number of rotatable bonds is 5. The number of anilines is 1. The van der Waals surface area contributed by atoms with Crippen LogP contribution in [-0.2, 0) is 4.79 Å². The van der Waals surface area contributed by atoms with Gasteiger partial charge in [-0.15, -0.1) is 11.8 Å². The maximum Gasteiger partial charge on any atom is 0.311 e. The molecule has 0 radical (unpaired) electrons. The third kappa shape index (κ3) is 3.33. The molecule has 2 N–H and O–H groups in total. The van der Waals surface area contributed by atoms with Gasteiger partial charge in [-0.3, -0.25) is 4.79 Å². The lowest BCUT2D eigenvalue weighted by Gasteiger charge is -2.33. The summed E-state index contributed by atoms with van der Waals surface area (Å²) < 4.78 is 0. The van der Waals surface area contributed by atoms with Gasteiger partial charge < -0.3 is 10.4 Å². The highest BCUT2D eigenvalue weighted by Gasteiger charge is 2.39. The molecule has 1 fully saturated rings. The first-order chi connectivity index (χ1) is 10.1. The molecule has 0 spiro atoms. The van der Waals surface area contributed by atoms with Gasteiger partial charge in [0.05, 0.1) is 16.7 Å². The van der Waals surface area contributed by atoms with E-state index in [9.17, 15) is 15.2 Å². The Hall–Kier alpha value is -1.67. The van der Waals surface area contributed by atoms with Crippen LogP contribution in [0.2, 0.25) is 0 Å². The Kier molecular flexibility index (Phi) is 5.13. The van der Waals surface area contributed by atoms with E-state index in [4.69, 9.17) is 0 Å².